The van der Waals surface area contributed by atoms with Crippen LogP contribution in [0.5, 0.6) is 0 Å². The molecule has 0 amide bonds. The molecule has 0 atom stereocenters. The normalized spacial score (nSPS) is 16.2. The van der Waals surface area contributed by atoms with E-state index in [1.165, 1.54) is 34.6 Å². The van der Waals surface area contributed by atoms with Crippen LogP contribution < -0.4 is 4.90 Å². The molecular formula is C25H29FN4O. The Bertz CT molecular complexity index is 1040. The maximum Gasteiger partial charge on any atom is 0.123 e. The second-order valence-electron chi connectivity index (χ2n) is 8.51. The smallest absolute Gasteiger partial charge is 0.123 e. The van der Waals surface area contributed by atoms with Gasteiger partial charge in [-0.3, -0.25) is 4.90 Å². The average molecular weight is 421 g/mol. The Morgan fingerprint density at radius 2 is 1.77 bits per heavy atom. The molecule has 5 rings (SSSR count). The van der Waals surface area contributed by atoms with Crippen LogP contribution >= 0.6 is 0 Å². The summed E-state index contributed by atoms with van der Waals surface area (Å²) in [6.07, 6.45) is 3.26. The predicted molar refractivity (Wildman–Crippen MR) is 120 cm³/mol. The summed E-state index contributed by atoms with van der Waals surface area (Å²) in [5, 5.41) is 4.95. The molecule has 1 aromatic heterocycles. The van der Waals surface area contributed by atoms with Gasteiger partial charge < -0.3 is 9.64 Å². The second-order valence-corrected chi connectivity index (χ2v) is 8.51. The van der Waals surface area contributed by atoms with Crippen molar-refractivity contribution in [3.8, 4) is 5.69 Å². The van der Waals surface area contributed by atoms with E-state index in [2.05, 4.69) is 41.1 Å². The third-order valence-electron chi connectivity index (χ3n) is 6.29. The molecule has 2 aliphatic rings. The Balaban J connectivity index is 1.35. The minimum Gasteiger partial charge on any atom is -0.378 e. The molecular weight excluding hydrogens is 391 g/mol. The summed E-state index contributed by atoms with van der Waals surface area (Å²) in [4.78, 5) is 4.77. The number of hydrogen-bond donors (Lipinski definition) is 0. The molecule has 0 spiro atoms. The van der Waals surface area contributed by atoms with E-state index in [1.54, 1.807) is 0 Å². The molecule has 2 heterocycles. The van der Waals surface area contributed by atoms with Crippen molar-refractivity contribution in [2.24, 2.45) is 0 Å². The zero-order chi connectivity index (χ0) is 21.2. The van der Waals surface area contributed by atoms with E-state index in [9.17, 15) is 4.39 Å². The molecule has 1 aliphatic heterocycles. The van der Waals surface area contributed by atoms with Crippen molar-refractivity contribution in [2.75, 3.05) is 38.3 Å². The number of anilines is 1. The number of aromatic nitrogens is 2. The number of nitrogens with zero attached hydrogens (tertiary/aromatic N) is 4. The standard InChI is InChI=1S/C25H29FN4O/c1-28(17-19-5-2-3-7-24(19)29-13-15-31-16-14-29)18-23-22-6-4-8-25(22)30(27-23)21-11-9-20(26)10-12-21/h2-3,5,7,9-12H,4,6,8,13-18H2,1H3. The van der Waals surface area contributed by atoms with Crippen LogP contribution in [-0.4, -0.2) is 48.0 Å². The molecule has 0 N–H and O–H groups in total. The van der Waals surface area contributed by atoms with Crippen LogP contribution in [0.25, 0.3) is 5.69 Å². The molecule has 0 saturated carbocycles. The van der Waals surface area contributed by atoms with Crippen molar-refractivity contribution >= 4 is 5.69 Å². The van der Waals surface area contributed by atoms with Crippen molar-refractivity contribution in [1.29, 1.82) is 0 Å². The molecule has 1 aliphatic carbocycles. The van der Waals surface area contributed by atoms with Crippen molar-refractivity contribution in [2.45, 2.75) is 32.4 Å². The zero-order valence-electron chi connectivity index (χ0n) is 18.1. The van der Waals surface area contributed by atoms with Gasteiger partial charge in [0.1, 0.15) is 5.82 Å². The monoisotopic (exact) mass is 420 g/mol. The first-order valence-corrected chi connectivity index (χ1v) is 11.1. The average Bonchev–Trinajstić information content (AvgIpc) is 3.39. The topological polar surface area (TPSA) is 33.5 Å². The van der Waals surface area contributed by atoms with Crippen LogP contribution in [0.4, 0.5) is 10.1 Å². The summed E-state index contributed by atoms with van der Waals surface area (Å²) in [6.45, 7) is 5.13. The second kappa shape index (κ2) is 8.81. The number of morpholine rings is 1. The van der Waals surface area contributed by atoms with E-state index >= 15 is 0 Å². The molecule has 6 heteroatoms. The van der Waals surface area contributed by atoms with Crippen molar-refractivity contribution in [1.82, 2.24) is 14.7 Å². The number of ether oxygens (including phenoxy) is 1. The largest absolute Gasteiger partial charge is 0.378 e. The number of fused-ring (bicyclic) bond motifs is 1. The fourth-order valence-corrected chi connectivity index (χ4v) is 4.80. The van der Waals surface area contributed by atoms with Crippen LogP contribution in [0.3, 0.4) is 0 Å². The number of benzene rings is 2. The van der Waals surface area contributed by atoms with E-state index < -0.39 is 0 Å². The van der Waals surface area contributed by atoms with Gasteiger partial charge in [-0.15, -0.1) is 0 Å². The van der Waals surface area contributed by atoms with Gasteiger partial charge >= 0.3 is 0 Å². The Hall–Kier alpha value is -2.70. The van der Waals surface area contributed by atoms with Crippen LogP contribution in [0, 0.1) is 5.82 Å². The van der Waals surface area contributed by atoms with Gasteiger partial charge in [-0.05, 0) is 67.8 Å². The van der Waals surface area contributed by atoms with Gasteiger partial charge in [-0.1, -0.05) is 18.2 Å². The van der Waals surface area contributed by atoms with Gasteiger partial charge in [0.15, 0.2) is 0 Å². The van der Waals surface area contributed by atoms with Crippen LogP contribution in [0.15, 0.2) is 48.5 Å². The van der Waals surface area contributed by atoms with Crippen molar-refractivity contribution in [3.05, 3.63) is 76.9 Å². The molecule has 0 unspecified atom stereocenters. The van der Waals surface area contributed by atoms with Crippen molar-refractivity contribution in [3.63, 3.8) is 0 Å². The van der Waals surface area contributed by atoms with Gasteiger partial charge in [0.05, 0.1) is 24.6 Å². The van der Waals surface area contributed by atoms with Gasteiger partial charge in [0.2, 0.25) is 0 Å². The molecule has 1 saturated heterocycles. The summed E-state index contributed by atoms with van der Waals surface area (Å²) >= 11 is 0. The predicted octanol–water partition coefficient (Wildman–Crippen LogP) is 3.97. The number of rotatable bonds is 6. The highest BCUT2D eigenvalue weighted by Crippen LogP contribution is 2.29. The SMILES string of the molecule is CN(Cc1ccccc1N1CCOCC1)Cc1nn(-c2ccc(F)cc2)c2c1CCC2. The molecule has 31 heavy (non-hydrogen) atoms. The highest BCUT2D eigenvalue weighted by molar-refractivity contribution is 5.54. The van der Waals surface area contributed by atoms with E-state index in [1.807, 2.05) is 16.8 Å². The van der Waals surface area contributed by atoms with Crippen LogP contribution in [-0.2, 0) is 30.7 Å². The summed E-state index contributed by atoms with van der Waals surface area (Å²) in [7, 11) is 2.16. The molecule has 0 radical (unpaired) electrons. The first kappa shape index (κ1) is 20.2. The maximum absolute atomic E-state index is 13.4. The first-order chi connectivity index (χ1) is 15.2. The number of hydrogen-bond acceptors (Lipinski definition) is 4. The van der Waals surface area contributed by atoms with E-state index in [4.69, 9.17) is 9.84 Å². The fourth-order valence-electron chi connectivity index (χ4n) is 4.80. The number of para-hydroxylation sites is 1. The quantitative estimate of drug-likeness (QED) is 0.604. The molecule has 5 nitrogen and oxygen atoms in total. The Morgan fingerprint density at radius 1 is 1.00 bits per heavy atom. The lowest BCUT2D eigenvalue weighted by Crippen LogP contribution is -2.37. The van der Waals surface area contributed by atoms with E-state index in [0.29, 0.717) is 0 Å². The number of halogens is 1. The minimum absolute atomic E-state index is 0.216. The third kappa shape index (κ3) is 4.23. The zero-order valence-corrected chi connectivity index (χ0v) is 18.1. The van der Waals surface area contributed by atoms with Crippen LogP contribution in [0.1, 0.15) is 28.9 Å². The summed E-state index contributed by atoms with van der Waals surface area (Å²) in [5.74, 6) is -0.216. The van der Waals surface area contributed by atoms with Gasteiger partial charge in [0, 0.05) is 37.6 Å². The van der Waals surface area contributed by atoms with Gasteiger partial charge in [0.25, 0.3) is 0 Å². The summed E-state index contributed by atoms with van der Waals surface area (Å²) in [6, 6.07) is 15.3. The third-order valence-corrected chi connectivity index (χ3v) is 6.29. The Morgan fingerprint density at radius 3 is 2.58 bits per heavy atom. The van der Waals surface area contributed by atoms with E-state index in [0.717, 1.165) is 70.0 Å². The van der Waals surface area contributed by atoms with Crippen LogP contribution in [0.2, 0.25) is 0 Å². The lowest BCUT2D eigenvalue weighted by molar-refractivity contribution is 0.122. The fraction of sp³-hybridized carbons (Fsp3) is 0.400. The molecule has 162 valence electrons. The molecule has 3 aromatic rings. The van der Waals surface area contributed by atoms with Gasteiger partial charge in [-0.2, -0.15) is 5.10 Å². The Labute approximate surface area is 183 Å². The molecule has 1 fully saturated rings. The minimum atomic E-state index is -0.216. The summed E-state index contributed by atoms with van der Waals surface area (Å²) in [5.41, 5.74) is 7.37. The summed E-state index contributed by atoms with van der Waals surface area (Å²) < 4.78 is 20.9. The highest BCUT2D eigenvalue weighted by Gasteiger charge is 2.24. The molecule has 2 aromatic carbocycles. The van der Waals surface area contributed by atoms with Crippen molar-refractivity contribution < 1.29 is 9.13 Å². The van der Waals surface area contributed by atoms with Gasteiger partial charge in [-0.25, -0.2) is 9.07 Å². The first-order valence-electron chi connectivity index (χ1n) is 11.1. The molecule has 0 bridgehead atoms. The maximum atomic E-state index is 13.4. The Kier molecular flexibility index (Phi) is 5.74. The lowest BCUT2D eigenvalue weighted by atomic mass is 10.1. The highest BCUT2D eigenvalue weighted by atomic mass is 19.1. The lowest BCUT2D eigenvalue weighted by Gasteiger charge is -2.31. The van der Waals surface area contributed by atoms with E-state index in [-0.39, 0.29) is 5.82 Å².